The fourth-order valence-corrected chi connectivity index (χ4v) is 3.67. The summed E-state index contributed by atoms with van der Waals surface area (Å²) >= 11 is 7.96. The zero-order chi connectivity index (χ0) is 20.3. The molecule has 1 amide bonds. The number of benzene rings is 1. The van der Waals surface area contributed by atoms with E-state index in [4.69, 9.17) is 21.1 Å². The van der Waals surface area contributed by atoms with E-state index in [1.54, 1.807) is 5.51 Å². The summed E-state index contributed by atoms with van der Waals surface area (Å²) < 4.78 is 11.1. The molecule has 8 heteroatoms. The minimum Gasteiger partial charge on any atom is -0.486 e. The summed E-state index contributed by atoms with van der Waals surface area (Å²) in [5.74, 6) is 0.595. The highest BCUT2D eigenvalue weighted by Gasteiger charge is 2.18. The van der Waals surface area contributed by atoms with Gasteiger partial charge in [-0.25, -0.2) is 9.78 Å². The molecule has 3 rings (SSSR count). The summed E-state index contributed by atoms with van der Waals surface area (Å²) in [6.07, 6.45) is 0.360. The molecule has 150 valence electrons. The fraction of sp³-hybridized carbons (Fsp3) is 0.400. The van der Waals surface area contributed by atoms with Crippen molar-refractivity contribution >= 4 is 39.9 Å². The van der Waals surface area contributed by atoms with Crippen molar-refractivity contribution < 1.29 is 14.3 Å². The summed E-state index contributed by atoms with van der Waals surface area (Å²) in [5.41, 5.74) is 5.05. The first-order chi connectivity index (χ1) is 13.3. The number of aromatic amines is 1. The number of carbonyl (C=O) groups excluding carboxylic acids is 1. The molecule has 0 bridgehead atoms. The fourth-order valence-electron chi connectivity index (χ4n) is 2.91. The van der Waals surface area contributed by atoms with Gasteiger partial charge in [0.1, 0.15) is 18.0 Å². The average molecular weight is 422 g/mol. The van der Waals surface area contributed by atoms with Crippen LogP contribution >= 0.6 is 22.9 Å². The second kappa shape index (κ2) is 8.41. The molecule has 0 aliphatic rings. The highest BCUT2D eigenvalue weighted by Crippen LogP contribution is 2.33. The molecule has 2 aromatic heterocycles. The van der Waals surface area contributed by atoms with Crippen LogP contribution in [0.3, 0.4) is 0 Å². The van der Waals surface area contributed by atoms with Crippen LogP contribution in [0.1, 0.15) is 44.6 Å². The molecule has 2 heterocycles. The van der Waals surface area contributed by atoms with Crippen LogP contribution < -0.4 is 10.1 Å². The third-order valence-corrected chi connectivity index (χ3v) is 5.00. The molecule has 0 aliphatic carbocycles. The maximum atomic E-state index is 12.0. The smallest absolute Gasteiger partial charge is 0.407 e. The Bertz CT molecular complexity index is 961. The number of ether oxygens (including phenoxy) is 2. The Hall–Kier alpha value is -2.25. The van der Waals surface area contributed by atoms with E-state index < -0.39 is 11.7 Å². The van der Waals surface area contributed by atoms with E-state index in [2.05, 4.69) is 22.2 Å². The Labute approximate surface area is 173 Å². The molecule has 0 radical (unpaired) electrons. The monoisotopic (exact) mass is 421 g/mol. The molecule has 0 atom stereocenters. The summed E-state index contributed by atoms with van der Waals surface area (Å²) in [6.45, 7) is 8.29. The highest BCUT2D eigenvalue weighted by atomic mass is 35.5. The second-order valence-electron chi connectivity index (χ2n) is 7.39. The lowest BCUT2D eigenvalue weighted by atomic mass is 10.1. The van der Waals surface area contributed by atoms with Crippen LogP contribution in [-0.2, 0) is 24.3 Å². The van der Waals surface area contributed by atoms with Gasteiger partial charge in [-0.15, -0.1) is 11.3 Å². The largest absolute Gasteiger partial charge is 0.486 e. The zero-order valence-electron chi connectivity index (χ0n) is 16.4. The van der Waals surface area contributed by atoms with Gasteiger partial charge in [0.25, 0.3) is 0 Å². The average Bonchev–Trinajstić information content (AvgIpc) is 3.23. The number of aromatic nitrogens is 2. The molecule has 0 aliphatic heterocycles. The van der Waals surface area contributed by atoms with Crippen molar-refractivity contribution in [2.24, 2.45) is 0 Å². The number of halogens is 1. The number of rotatable bonds is 6. The number of alkyl carbamates (subject to hydrolysis) is 1. The SMILES string of the molecule is CCc1c(CNC(=O)OC(C)(C)C)[nH]c2cc(OCc3cscn3)c(Cl)cc12. The molecular weight excluding hydrogens is 398 g/mol. The number of nitrogens with zero attached hydrogens (tertiary/aromatic N) is 1. The maximum Gasteiger partial charge on any atom is 0.407 e. The first kappa shape index (κ1) is 20.5. The number of amides is 1. The van der Waals surface area contributed by atoms with E-state index in [0.717, 1.165) is 34.3 Å². The lowest BCUT2D eigenvalue weighted by molar-refractivity contribution is 0.0523. The van der Waals surface area contributed by atoms with Gasteiger partial charge in [-0.3, -0.25) is 0 Å². The quantitative estimate of drug-likeness (QED) is 0.555. The third kappa shape index (κ3) is 4.97. The van der Waals surface area contributed by atoms with Crippen LogP contribution in [0.25, 0.3) is 10.9 Å². The van der Waals surface area contributed by atoms with E-state index in [-0.39, 0.29) is 0 Å². The summed E-state index contributed by atoms with van der Waals surface area (Å²) in [6, 6.07) is 3.79. The van der Waals surface area contributed by atoms with Crippen LogP contribution in [0.15, 0.2) is 23.0 Å². The molecule has 0 fully saturated rings. The van der Waals surface area contributed by atoms with Gasteiger partial charge < -0.3 is 19.8 Å². The molecule has 0 unspecified atom stereocenters. The lowest BCUT2D eigenvalue weighted by Gasteiger charge is -2.19. The number of hydrogen-bond acceptors (Lipinski definition) is 5. The number of thiazole rings is 1. The van der Waals surface area contributed by atoms with Crippen molar-refractivity contribution in [1.29, 1.82) is 0 Å². The van der Waals surface area contributed by atoms with Crippen molar-refractivity contribution in [3.8, 4) is 5.75 Å². The standard InChI is InChI=1S/C20H24ClN3O3S/c1-5-13-14-6-15(21)18(26-9-12-10-28-11-23-12)7-16(14)24-17(13)8-22-19(25)27-20(2,3)4/h6-7,10-11,24H,5,8-9H2,1-4H3,(H,22,25). The van der Waals surface area contributed by atoms with Gasteiger partial charge in [0.05, 0.1) is 22.8 Å². The number of fused-ring (bicyclic) bond motifs is 1. The predicted octanol–water partition coefficient (Wildman–Crippen LogP) is 5.44. The van der Waals surface area contributed by atoms with E-state index >= 15 is 0 Å². The zero-order valence-corrected chi connectivity index (χ0v) is 18.0. The van der Waals surface area contributed by atoms with Gasteiger partial charge in [-0.2, -0.15) is 0 Å². The van der Waals surface area contributed by atoms with E-state index in [9.17, 15) is 4.79 Å². The summed E-state index contributed by atoms with van der Waals surface area (Å²) in [5, 5.41) is 6.31. The second-order valence-corrected chi connectivity index (χ2v) is 8.51. The normalized spacial score (nSPS) is 11.6. The molecule has 2 N–H and O–H groups in total. The van der Waals surface area contributed by atoms with Crippen LogP contribution in [-0.4, -0.2) is 21.7 Å². The molecule has 0 saturated heterocycles. The van der Waals surface area contributed by atoms with E-state index in [1.807, 2.05) is 38.3 Å². The van der Waals surface area contributed by atoms with Gasteiger partial charge in [-0.1, -0.05) is 18.5 Å². The number of hydrogen-bond donors (Lipinski definition) is 2. The Balaban J connectivity index is 1.79. The van der Waals surface area contributed by atoms with E-state index in [1.165, 1.54) is 11.3 Å². The van der Waals surface area contributed by atoms with Gasteiger partial charge in [-0.05, 0) is 38.8 Å². The maximum absolute atomic E-state index is 12.0. The third-order valence-electron chi connectivity index (χ3n) is 4.07. The molecular formula is C20H24ClN3O3S. The number of aryl methyl sites for hydroxylation is 1. The minimum atomic E-state index is -0.533. The molecule has 0 spiro atoms. The summed E-state index contributed by atoms with van der Waals surface area (Å²) in [4.78, 5) is 19.5. The van der Waals surface area contributed by atoms with Gasteiger partial charge in [0.2, 0.25) is 0 Å². The van der Waals surface area contributed by atoms with Crippen molar-refractivity contribution in [2.75, 3.05) is 0 Å². The van der Waals surface area contributed by atoms with Crippen LogP contribution in [0.5, 0.6) is 5.75 Å². The number of carbonyl (C=O) groups is 1. The predicted molar refractivity (Wildman–Crippen MR) is 112 cm³/mol. The Morgan fingerprint density at radius 3 is 2.79 bits per heavy atom. The molecule has 0 saturated carbocycles. The van der Waals surface area contributed by atoms with Gasteiger partial charge in [0.15, 0.2) is 0 Å². The topological polar surface area (TPSA) is 76.2 Å². The van der Waals surface area contributed by atoms with Crippen molar-refractivity contribution in [3.63, 3.8) is 0 Å². The van der Waals surface area contributed by atoms with Crippen LogP contribution in [0.4, 0.5) is 4.79 Å². The Kier molecular flexibility index (Phi) is 6.15. The van der Waals surface area contributed by atoms with Crippen molar-refractivity contribution in [1.82, 2.24) is 15.3 Å². The van der Waals surface area contributed by atoms with Gasteiger partial charge in [0, 0.05) is 28.0 Å². The lowest BCUT2D eigenvalue weighted by Crippen LogP contribution is -2.32. The number of H-pyrrole nitrogens is 1. The molecule has 6 nitrogen and oxygen atoms in total. The summed E-state index contributed by atoms with van der Waals surface area (Å²) in [7, 11) is 0. The number of nitrogens with one attached hydrogen (secondary N) is 2. The minimum absolute atomic E-state index is 0.347. The van der Waals surface area contributed by atoms with Crippen molar-refractivity contribution in [2.45, 2.75) is 52.9 Å². The van der Waals surface area contributed by atoms with Crippen molar-refractivity contribution in [3.05, 3.63) is 45.0 Å². The highest BCUT2D eigenvalue weighted by molar-refractivity contribution is 7.07. The Morgan fingerprint density at radius 2 is 2.14 bits per heavy atom. The molecule has 3 aromatic rings. The van der Waals surface area contributed by atoms with Crippen LogP contribution in [0, 0.1) is 0 Å². The molecule has 1 aromatic carbocycles. The molecule has 28 heavy (non-hydrogen) atoms. The van der Waals surface area contributed by atoms with Gasteiger partial charge >= 0.3 is 6.09 Å². The van der Waals surface area contributed by atoms with E-state index in [0.29, 0.717) is 23.9 Å². The first-order valence-electron chi connectivity index (χ1n) is 9.06. The first-order valence-corrected chi connectivity index (χ1v) is 10.4. The van der Waals surface area contributed by atoms with Crippen LogP contribution in [0.2, 0.25) is 5.02 Å². The Morgan fingerprint density at radius 1 is 1.36 bits per heavy atom.